The first-order valence-electron chi connectivity index (χ1n) is 15.1. The third-order valence-corrected chi connectivity index (χ3v) is 11.3. The molecule has 4 aliphatic rings. The van der Waals surface area contributed by atoms with Crippen LogP contribution in [0.5, 0.6) is 0 Å². The van der Waals surface area contributed by atoms with Gasteiger partial charge in [0.05, 0.1) is 34.7 Å². The maximum atomic E-state index is 10.1. The molecule has 0 radical (unpaired) electrons. The average Bonchev–Trinajstić information content (AvgIpc) is 3.75. The van der Waals surface area contributed by atoms with Gasteiger partial charge in [0.25, 0.3) is 0 Å². The molecule has 0 aromatic carbocycles. The summed E-state index contributed by atoms with van der Waals surface area (Å²) in [5, 5.41) is 31.2. The zero-order valence-electron chi connectivity index (χ0n) is 24.0. The highest BCUT2D eigenvalue weighted by Crippen LogP contribution is 2.55. The van der Waals surface area contributed by atoms with E-state index in [1.165, 1.54) is 11.3 Å². The number of aryl methyl sites for hydroxylation is 1. The minimum atomic E-state index is -0.399. The predicted molar refractivity (Wildman–Crippen MR) is 160 cm³/mol. The van der Waals surface area contributed by atoms with Crippen LogP contribution in [0.2, 0.25) is 0 Å². The second-order valence-electron chi connectivity index (χ2n) is 12.6. The number of thiophene rings is 1. The summed E-state index contributed by atoms with van der Waals surface area (Å²) in [6.07, 6.45) is 9.34. The van der Waals surface area contributed by atoms with Crippen molar-refractivity contribution in [3.8, 4) is 17.6 Å². The van der Waals surface area contributed by atoms with Gasteiger partial charge in [-0.2, -0.15) is 10.4 Å². The summed E-state index contributed by atoms with van der Waals surface area (Å²) < 4.78 is 8.31. The molecule has 12 heteroatoms. The molecule has 3 N–H and O–H groups in total. The Morgan fingerprint density at radius 3 is 2.76 bits per heavy atom. The van der Waals surface area contributed by atoms with Gasteiger partial charge in [-0.15, -0.1) is 11.3 Å². The van der Waals surface area contributed by atoms with Crippen molar-refractivity contribution in [2.45, 2.75) is 81.9 Å². The Bertz CT molecular complexity index is 1740. The first-order valence-corrected chi connectivity index (χ1v) is 15.9. The lowest BCUT2D eigenvalue weighted by Gasteiger charge is -2.39. The summed E-state index contributed by atoms with van der Waals surface area (Å²) in [5.41, 5.74) is 10.1. The molecule has 2 saturated heterocycles. The first-order chi connectivity index (χ1) is 20.4. The number of nitrogens with two attached hydrogens (primary N) is 1. The van der Waals surface area contributed by atoms with Crippen molar-refractivity contribution in [2.75, 3.05) is 37.3 Å². The van der Waals surface area contributed by atoms with E-state index in [1.807, 2.05) is 10.9 Å². The van der Waals surface area contributed by atoms with Gasteiger partial charge in [-0.1, -0.05) is 5.16 Å². The van der Waals surface area contributed by atoms with Crippen molar-refractivity contribution >= 4 is 33.2 Å². The van der Waals surface area contributed by atoms with Gasteiger partial charge in [0.15, 0.2) is 22.9 Å². The number of aliphatic hydroxyl groups is 1. The zero-order chi connectivity index (χ0) is 28.7. The Morgan fingerprint density at radius 1 is 1.21 bits per heavy atom. The predicted octanol–water partition coefficient (Wildman–Crippen LogP) is 3.79. The fraction of sp³-hybridized carbons (Fsp3) is 0.567. The number of nitriles is 1. The number of nitrogens with zero attached hydrogens (tertiary/aromatic N) is 8. The number of β-amino-alcohol motifs (C(OH)–C–C–N with tert-alkyl or cyclic N) is 1. The number of hydrogen-bond acceptors (Lipinski definition) is 11. The van der Waals surface area contributed by atoms with Gasteiger partial charge in [0.1, 0.15) is 16.9 Å². The molecule has 3 atom stereocenters. The quantitative estimate of drug-likeness (QED) is 0.363. The summed E-state index contributed by atoms with van der Waals surface area (Å²) in [7, 11) is 2.18. The highest BCUT2D eigenvalue weighted by molar-refractivity contribution is 7.16. The van der Waals surface area contributed by atoms with E-state index in [-0.39, 0.29) is 12.1 Å². The van der Waals surface area contributed by atoms with Crippen molar-refractivity contribution in [3.63, 3.8) is 0 Å². The number of aromatic nitrogens is 5. The fourth-order valence-corrected chi connectivity index (χ4v) is 9.27. The normalized spacial score (nSPS) is 25.0. The minimum Gasteiger partial charge on any atom is -0.389 e. The largest absolute Gasteiger partial charge is 0.389 e. The molecule has 0 amide bonds. The SMILES string of the molecule is CC(C1CCCN1C)n1ncc2c(N3CC(O)C3)nc(-c3noc4c3CCCC43CCCc4sc(N)c(C#N)c43)nc21. The first kappa shape index (κ1) is 26.1. The number of likely N-dealkylation sites (tertiary alicyclic amines) is 1. The fourth-order valence-electron chi connectivity index (χ4n) is 8.11. The minimum absolute atomic E-state index is 0.135. The van der Waals surface area contributed by atoms with Crippen molar-refractivity contribution in [1.29, 1.82) is 5.26 Å². The second kappa shape index (κ2) is 9.49. The molecule has 2 fully saturated rings. The molecule has 2 aliphatic carbocycles. The van der Waals surface area contributed by atoms with E-state index in [9.17, 15) is 10.4 Å². The summed E-state index contributed by atoms with van der Waals surface area (Å²) >= 11 is 1.55. The lowest BCUT2D eigenvalue weighted by Crippen LogP contribution is -2.51. The van der Waals surface area contributed by atoms with E-state index >= 15 is 0 Å². The van der Waals surface area contributed by atoms with Gasteiger partial charge in [-0.05, 0) is 77.4 Å². The molecule has 42 heavy (non-hydrogen) atoms. The Morgan fingerprint density at radius 2 is 2.02 bits per heavy atom. The zero-order valence-corrected chi connectivity index (χ0v) is 24.8. The van der Waals surface area contributed by atoms with Gasteiger partial charge < -0.3 is 25.2 Å². The van der Waals surface area contributed by atoms with Crippen LogP contribution in [0.25, 0.3) is 22.6 Å². The third kappa shape index (κ3) is 3.63. The maximum absolute atomic E-state index is 10.1. The Labute approximate surface area is 247 Å². The Hall–Kier alpha value is -3.53. The lowest BCUT2D eigenvalue weighted by atomic mass is 9.63. The molecule has 4 aromatic heterocycles. The van der Waals surface area contributed by atoms with Crippen molar-refractivity contribution < 1.29 is 9.63 Å². The molecular weight excluding hydrogens is 550 g/mol. The van der Waals surface area contributed by atoms with Crippen LogP contribution in [0.1, 0.15) is 78.8 Å². The summed E-state index contributed by atoms with van der Waals surface area (Å²) in [6, 6.07) is 2.92. The van der Waals surface area contributed by atoms with E-state index in [2.05, 4.69) is 35.0 Å². The number of aliphatic hydroxyl groups excluding tert-OH is 1. The van der Waals surface area contributed by atoms with Crippen LogP contribution >= 0.6 is 11.3 Å². The number of hydrogen-bond donors (Lipinski definition) is 2. The summed E-state index contributed by atoms with van der Waals surface area (Å²) in [4.78, 5) is 15.9. The second-order valence-corrected chi connectivity index (χ2v) is 13.7. The molecule has 2 aliphatic heterocycles. The number of fused-ring (bicyclic) bond motifs is 5. The van der Waals surface area contributed by atoms with Crippen molar-refractivity contribution in [1.82, 2.24) is 29.8 Å². The smallest absolute Gasteiger partial charge is 0.186 e. The van der Waals surface area contributed by atoms with E-state index in [0.717, 1.165) is 85.2 Å². The molecule has 4 aromatic rings. The Kier molecular flexibility index (Phi) is 5.90. The van der Waals surface area contributed by atoms with Crippen molar-refractivity contribution in [2.24, 2.45) is 0 Å². The van der Waals surface area contributed by atoms with E-state index in [4.69, 9.17) is 25.3 Å². The van der Waals surface area contributed by atoms with E-state index < -0.39 is 5.41 Å². The topological polar surface area (TPSA) is 146 Å². The molecular formula is C30H35N9O2S. The number of nitrogen functional groups attached to an aromatic ring is 1. The van der Waals surface area contributed by atoms with Crippen LogP contribution in [0.4, 0.5) is 10.8 Å². The number of likely N-dealkylation sites (N-methyl/N-ethyl adjacent to an activating group) is 1. The molecule has 11 nitrogen and oxygen atoms in total. The Balaban J connectivity index is 1.28. The standard InChI is InChI=1S/C30H35N9O2S/c1-16(21-7-5-11-37(21)2)39-29-20(13-33-39)28(38-14-17(40)15-38)34-27(35-29)24-18-6-3-9-30(25(18)41-36-24)10-4-8-22-23(30)19(12-31)26(32)42-22/h13,16-17,21,40H,3-11,14-15,32H2,1-2H3. The molecule has 0 bridgehead atoms. The van der Waals surface area contributed by atoms with Gasteiger partial charge in [0.2, 0.25) is 0 Å². The molecule has 1 spiro atoms. The summed E-state index contributed by atoms with van der Waals surface area (Å²) in [6.45, 7) is 4.35. The van der Waals surface area contributed by atoms with Gasteiger partial charge in [0, 0.05) is 29.6 Å². The van der Waals surface area contributed by atoms with Crippen LogP contribution in [0.15, 0.2) is 10.7 Å². The molecule has 6 heterocycles. The van der Waals surface area contributed by atoms with Crippen LogP contribution in [-0.4, -0.2) is 73.7 Å². The molecule has 218 valence electrons. The molecule has 3 unspecified atom stereocenters. The average molecular weight is 586 g/mol. The van der Waals surface area contributed by atoms with Gasteiger partial charge in [-0.25, -0.2) is 14.6 Å². The van der Waals surface area contributed by atoms with E-state index in [0.29, 0.717) is 41.2 Å². The molecule has 8 rings (SSSR count). The highest BCUT2D eigenvalue weighted by atomic mass is 32.1. The van der Waals surface area contributed by atoms with E-state index in [1.54, 1.807) is 11.3 Å². The molecule has 0 saturated carbocycles. The third-order valence-electron chi connectivity index (χ3n) is 10.2. The van der Waals surface area contributed by atoms with Crippen LogP contribution in [-0.2, 0) is 18.3 Å². The number of anilines is 2. The van der Waals surface area contributed by atoms with Gasteiger partial charge in [-0.3, -0.25) is 0 Å². The van der Waals surface area contributed by atoms with Crippen LogP contribution < -0.4 is 10.6 Å². The summed E-state index contributed by atoms with van der Waals surface area (Å²) in [5.74, 6) is 2.15. The number of rotatable bonds is 4. The van der Waals surface area contributed by atoms with Gasteiger partial charge >= 0.3 is 0 Å². The van der Waals surface area contributed by atoms with Crippen molar-refractivity contribution in [3.05, 3.63) is 33.5 Å². The van der Waals surface area contributed by atoms with Crippen LogP contribution in [0, 0.1) is 11.3 Å². The van der Waals surface area contributed by atoms with Crippen LogP contribution in [0.3, 0.4) is 0 Å². The highest BCUT2D eigenvalue weighted by Gasteiger charge is 2.49. The maximum Gasteiger partial charge on any atom is 0.186 e. The monoisotopic (exact) mass is 585 g/mol. The lowest BCUT2D eigenvalue weighted by molar-refractivity contribution is 0.141.